The van der Waals surface area contributed by atoms with Crippen LogP contribution in [0, 0.1) is 0 Å². The van der Waals surface area contributed by atoms with Crippen LogP contribution in [0.4, 0.5) is 0 Å². The average molecular weight is 329 g/mol. The van der Waals surface area contributed by atoms with E-state index in [1.165, 1.54) is 17.7 Å². The van der Waals surface area contributed by atoms with Crippen LogP contribution in [0.25, 0.3) is 0 Å². The van der Waals surface area contributed by atoms with E-state index in [1.54, 1.807) is 22.6 Å². The van der Waals surface area contributed by atoms with E-state index in [0.717, 1.165) is 24.6 Å². The molecule has 0 spiro atoms. The lowest BCUT2D eigenvalue weighted by Crippen LogP contribution is -2.36. The van der Waals surface area contributed by atoms with Gasteiger partial charge in [-0.15, -0.1) is 11.3 Å². The van der Waals surface area contributed by atoms with Crippen LogP contribution in [0.2, 0.25) is 0 Å². The summed E-state index contributed by atoms with van der Waals surface area (Å²) in [5.74, 6) is 0.829. The lowest BCUT2D eigenvalue weighted by Gasteiger charge is -2.23. The first-order chi connectivity index (χ1) is 11.3. The number of carbonyl (C=O) groups is 1. The molecule has 1 atom stereocenters. The van der Waals surface area contributed by atoms with Gasteiger partial charge in [-0.2, -0.15) is 5.10 Å². The Bertz CT molecular complexity index is 688. The van der Waals surface area contributed by atoms with Gasteiger partial charge in [0.2, 0.25) is 0 Å². The highest BCUT2D eigenvalue weighted by Gasteiger charge is 2.35. The number of carbonyl (C=O) groups excluding carboxylic acids is 1. The Morgan fingerprint density at radius 1 is 1.30 bits per heavy atom. The molecule has 0 bridgehead atoms. The van der Waals surface area contributed by atoms with Crippen molar-refractivity contribution >= 4 is 23.0 Å². The summed E-state index contributed by atoms with van der Waals surface area (Å²) in [6.45, 7) is 2.48. The Kier molecular flexibility index (Phi) is 4.01. The molecule has 4 rings (SSSR count). The van der Waals surface area contributed by atoms with E-state index >= 15 is 0 Å². The van der Waals surface area contributed by atoms with E-state index in [4.69, 9.17) is 4.42 Å². The van der Waals surface area contributed by atoms with Gasteiger partial charge >= 0.3 is 0 Å². The zero-order chi connectivity index (χ0) is 15.6. The van der Waals surface area contributed by atoms with E-state index in [9.17, 15) is 4.79 Å². The topological polar surface area (TPSA) is 49.1 Å². The molecule has 0 N–H and O–H groups in total. The van der Waals surface area contributed by atoms with E-state index in [2.05, 4.69) is 16.1 Å². The Hall–Kier alpha value is -1.92. The number of nitrogens with zero attached hydrogens (tertiary/aromatic N) is 3. The van der Waals surface area contributed by atoms with Gasteiger partial charge in [-0.25, -0.2) is 5.01 Å². The van der Waals surface area contributed by atoms with E-state index in [-0.39, 0.29) is 11.9 Å². The quantitative estimate of drug-likeness (QED) is 0.866. The van der Waals surface area contributed by atoms with Crippen LogP contribution in [-0.4, -0.2) is 41.2 Å². The van der Waals surface area contributed by atoms with Crippen molar-refractivity contribution in [1.82, 2.24) is 9.91 Å². The van der Waals surface area contributed by atoms with Gasteiger partial charge in [0.1, 0.15) is 11.5 Å². The lowest BCUT2D eigenvalue weighted by atomic mass is 10.1. The molecule has 4 heterocycles. The summed E-state index contributed by atoms with van der Waals surface area (Å²) in [4.78, 5) is 16.2. The van der Waals surface area contributed by atoms with Crippen LogP contribution in [0.15, 0.2) is 45.4 Å². The van der Waals surface area contributed by atoms with Crippen molar-refractivity contribution in [2.75, 3.05) is 19.6 Å². The summed E-state index contributed by atoms with van der Waals surface area (Å²) in [6.07, 6.45) is 4.72. The Morgan fingerprint density at radius 2 is 2.17 bits per heavy atom. The molecule has 2 aromatic heterocycles. The third-order valence-electron chi connectivity index (χ3n) is 4.40. The van der Waals surface area contributed by atoms with Gasteiger partial charge in [-0.3, -0.25) is 9.69 Å². The fraction of sp³-hybridized carbons (Fsp3) is 0.412. The Morgan fingerprint density at radius 3 is 2.87 bits per heavy atom. The lowest BCUT2D eigenvalue weighted by molar-refractivity contribution is -0.133. The molecule has 120 valence electrons. The van der Waals surface area contributed by atoms with Crippen LogP contribution in [-0.2, 0) is 4.79 Å². The van der Waals surface area contributed by atoms with Gasteiger partial charge in [0, 0.05) is 11.3 Å². The molecule has 0 aliphatic carbocycles. The maximum Gasteiger partial charge on any atom is 0.257 e. The van der Waals surface area contributed by atoms with Crippen LogP contribution in [0.3, 0.4) is 0 Å². The zero-order valence-electron chi connectivity index (χ0n) is 12.9. The van der Waals surface area contributed by atoms with Gasteiger partial charge in [0.05, 0.1) is 18.8 Å². The number of hydrazone groups is 1. The third kappa shape index (κ3) is 2.96. The monoisotopic (exact) mass is 329 g/mol. The normalized spacial score (nSPS) is 21.8. The van der Waals surface area contributed by atoms with Crippen molar-refractivity contribution in [3.8, 4) is 0 Å². The summed E-state index contributed by atoms with van der Waals surface area (Å²) in [6, 6.07) is 7.84. The molecule has 6 heteroatoms. The smallest absolute Gasteiger partial charge is 0.257 e. The van der Waals surface area contributed by atoms with Crippen molar-refractivity contribution in [2.45, 2.75) is 25.3 Å². The number of likely N-dealkylation sites (tertiary alicyclic amines) is 1. The molecule has 5 nitrogen and oxygen atoms in total. The van der Waals surface area contributed by atoms with Crippen molar-refractivity contribution in [1.29, 1.82) is 0 Å². The Labute approximate surface area is 139 Å². The van der Waals surface area contributed by atoms with Gasteiger partial charge in [-0.1, -0.05) is 6.07 Å². The number of amides is 1. The van der Waals surface area contributed by atoms with Crippen molar-refractivity contribution < 1.29 is 9.21 Å². The molecule has 23 heavy (non-hydrogen) atoms. The minimum absolute atomic E-state index is 0.00907. The van der Waals surface area contributed by atoms with Crippen molar-refractivity contribution in [3.63, 3.8) is 0 Å². The van der Waals surface area contributed by atoms with Crippen LogP contribution in [0.5, 0.6) is 0 Å². The number of furan rings is 1. The average Bonchev–Trinajstić information content (AvgIpc) is 3.30. The van der Waals surface area contributed by atoms with E-state index < -0.39 is 0 Å². The number of hydrogen-bond donors (Lipinski definition) is 0. The summed E-state index contributed by atoms with van der Waals surface area (Å²) in [5, 5.41) is 8.31. The van der Waals surface area contributed by atoms with Crippen LogP contribution < -0.4 is 0 Å². The molecule has 0 aromatic carbocycles. The summed E-state index contributed by atoms with van der Waals surface area (Å²) >= 11 is 1.67. The maximum absolute atomic E-state index is 12.8. The fourth-order valence-electron chi connectivity index (χ4n) is 3.24. The molecule has 2 aromatic rings. The maximum atomic E-state index is 12.8. The first kappa shape index (κ1) is 14.7. The first-order valence-corrected chi connectivity index (χ1v) is 8.88. The van der Waals surface area contributed by atoms with Crippen LogP contribution >= 0.6 is 11.3 Å². The minimum Gasteiger partial charge on any atom is -0.463 e. The molecular formula is C17H19N3O2S. The third-order valence-corrected chi connectivity index (χ3v) is 5.37. The molecule has 0 unspecified atom stereocenters. The summed E-state index contributed by atoms with van der Waals surface area (Å²) < 4.78 is 5.47. The van der Waals surface area contributed by atoms with Crippen molar-refractivity contribution in [3.05, 3.63) is 46.5 Å². The molecule has 1 fully saturated rings. The molecule has 1 saturated heterocycles. The second-order valence-electron chi connectivity index (χ2n) is 5.98. The predicted molar refractivity (Wildman–Crippen MR) is 89.4 cm³/mol. The summed E-state index contributed by atoms with van der Waals surface area (Å²) in [7, 11) is 0. The second-order valence-corrected chi connectivity index (χ2v) is 6.96. The van der Waals surface area contributed by atoms with Gasteiger partial charge in [0.15, 0.2) is 0 Å². The standard InChI is InChI=1S/C17H19N3O2S/c21-17(12-19-7-1-2-8-19)20-14(16-6-4-10-23-16)11-13(18-20)15-5-3-9-22-15/h3-6,9-10,14H,1-2,7-8,11-12H2/t14-/m1/s1. The second kappa shape index (κ2) is 6.29. The molecule has 1 amide bonds. The zero-order valence-corrected chi connectivity index (χ0v) is 13.7. The SMILES string of the molecule is O=C(CN1CCCC1)N1N=C(c2ccco2)C[C@@H]1c1cccs1. The van der Waals surface area contributed by atoms with Gasteiger partial charge in [-0.05, 0) is 49.5 Å². The first-order valence-electron chi connectivity index (χ1n) is 8.00. The number of thiophene rings is 1. The fourth-order valence-corrected chi connectivity index (χ4v) is 4.05. The highest BCUT2D eigenvalue weighted by molar-refractivity contribution is 7.10. The predicted octanol–water partition coefficient (Wildman–Crippen LogP) is 3.11. The minimum atomic E-state index is -0.00907. The number of rotatable bonds is 4. The Balaban J connectivity index is 1.57. The summed E-state index contributed by atoms with van der Waals surface area (Å²) in [5.41, 5.74) is 0.850. The van der Waals surface area contributed by atoms with Gasteiger partial charge in [0.25, 0.3) is 5.91 Å². The molecular weight excluding hydrogens is 310 g/mol. The molecule has 2 aliphatic heterocycles. The highest BCUT2D eigenvalue weighted by atomic mass is 32.1. The van der Waals surface area contributed by atoms with Gasteiger partial charge < -0.3 is 4.42 Å². The van der Waals surface area contributed by atoms with Crippen LogP contribution in [0.1, 0.15) is 35.9 Å². The number of hydrogen-bond acceptors (Lipinski definition) is 5. The van der Waals surface area contributed by atoms with E-state index in [1.807, 2.05) is 23.6 Å². The van der Waals surface area contributed by atoms with Crippen molar-refractivity contribution in [2.24, 2.45) is 5.10 Å². The molecule has 0 radical (unpaired) electrons. The molecule has 0 saturated carbocycles. The highest BCUT2D eigenvalue weighted by Crippen LogP contribution is 2.35. The largest absolute Gasteiger partial charge is 0.463 e. The molecule has 2 aliphatic rings. The van der Waals surface area contributed by atoms with E-state index in [0.29, 0.717) is 13.0 Å².